The first-order valence-electron chi connectivity index (χ1n) is 8.88. The molecule has 0 saturated carbocycles. The first-order chi connectivity index (χ1) is 13.9. The molecule has 1 heterocycles. The topological polar surface area (TPSA) is 101 Å². The predicted octanol–water partition coefficient (Wildman–Crippen LogP) is 3.21. The summed E-state index contributed by atoms with van der Waals surface area (Å²) in [6, 6.07) is 14.5. The number of carbonyl (C=O) groups excluding carboxylic acids is 1. The van der Waals surface area contributed by atoms with Gasteiger partial charge in [0.2, 0.25) is 5.89 Å². The highest BCUT2D eigenvalue weighted by Crippen LogP contribution is 2.24. The number of halogens is 1. The van der Waals surface area contributed by atoms with Crippen LogP contribution in [0.1, 0.15) is 21.7 Å². The Bertz CT molecular complexity index is 1050. The van der Waals surface area contributed by atoms with Gasteiger partial charge in [0.1, 0.15) is 20.2 Å². The first kappa shape index (κ1) is 21.5. The molecular formula is C20H20IN3O4S. The van der Waals surface area contributed by atoms with Gasteiger partial charge in [-0.15, -0.1) is 0 Å². The predicted molar refractivity (Wildman–Crippen MR) is 121 cm³/mol. The third kappa shape index (κ3) is 6.12. The van der Waals surface area contributed by atoms with Crippen molar-refractivity contribution in [2.24, 2.45) is 0 Å². The van der Waals surface area contributed by atoms with Crippen LogP contribution in [0.5, 0.6) is 0 Å². The van der Waals surface area contributed by atoms with E-state index in [2.05, 4.69) is 38.2 Å². The van der Waals surface area contributed by atoms with Crippen molar-refractivity contribution in [3.8, 4) is 11.5 Å². The highest BCUT2D eigenvalue weighted by atomic mass is 127. The summed E-state index contributed by atoms with van der Waals surface area (Å²) < 4.78 is 27.6. The molecule has 9 heteroatoms. The molecule has 0 unspecified atom stereocenters. The van der Waals surface area contributed by atoms with Gasteiger partial charge in [-0.2, -0.15) is 0 Å². The number of anilines is 1. The average Bonchev–Trinajstić information content (AvgIpc) is 3.04. The number of aromatic nitrogens is 1. The molecule has 0 aliphatic carbocycles. The number of nitrogens with one attached hydrogen (secondary N) is 2. The second-order valence-corrected chi connectivity index (χ2v) is 8.47. The fourth-order valence-corrected chi connectivity index (χ4v) is 3.30. The summed E-state index contributed by atoms with van der Waals surface area (Å²) >= 11 is 2.12. The maximum absolute atomic E-state index is 12.5. The van der Waals surface area contributed by atoms with Crippen molar-refractivity contribution >= 4 is 44.9 Å². The van der Waals surface area contributed by atoms with E-state index in [-0.39, 0.29) is 11.7 Å². The maximum Gasteiger partial charge on any atom is 0.255 e. The highest BCUT2D eigenvalue weighted by molar-refractivity contribution is 14.1. The molecule has 3 aromatic rings. The van der Waals surface area contributed by atoms with Crippen LogP contribution >= 0.6 is 22.6 Å². The van der Waals surface area contributed by atoms with Crippen molar-refractivity contribution < 1.29 is 17.6 Å². The number of rotatable bonds is 8. The molecule has 29 heavy (non-hydrogen) atoms. The van der Waals surface area contributed by atoms with Gasteiger partial charge >= 0.3 is 0 Å². The number of thiol groups is 1. The standard InChI is InChI=1S/C20H20IN3O4S/c1-13-18(21)24-20(28-13)15-5-7-17(8-6-15)23-19(25)16-4-2-3-14(11-16)12-22-9-10-29(26)27/h2-8,11,22,29H,9-10,12H2,1H3,(H,23,25). The quantitative estimate of drug-likeness (QED) is 0.237. The molecule has 0 aliphatic heterocycles. The number of carbonyl (C=O) groups is 1. The molecule has 152 valence electrons. The maximum atomic E-state index is 12.5. The van der Waals surface area contributed by atoms with Gasteiger partial charge in [-0.25, -0.2) is 13.4 Å². The molecular weight excluding hydrogens is 505 g/mol. The van der Waals surface area contributed by atoms with Crippen LogP contribution < -0.4 is 10.6 Å². The summed E-state index contributed by atoms with van der Waals surface area (Å²) in [5.74, 6) is 1.20. The second kappa shape index (κ2) is 9.99. The molecule has 0 radical (unpaired) electrons. The van der Waals surface area contributed by atoms with Crippen LogP contribution in [0, 0.1) is 10.6 Å². The Hall–Kier alpha value is -2.24. The third-order valence-corrected chi connectivity index (χ3v) is 5.71. The fourth-order valence-electron chi connectivity index (χ4n) is 2.63. The fraction of sp³-hybridized carbons (Fsp3) is 0.200. The van der Waals surface area contributed by atoms with Gasteiger partial charge in [0.15, 0.2) is 0 Å². The van der Waals surface area contributed by atoms with Gasteiger partial charge in [-0.05, 0) is 71.5 Å². The molecule has 1 amide bonds. The molecule has 0 aliphatic rings. The highest BCUT2D eigenvalue weighted by Gasteiger charge is 2.10. The van der Waals surface area contributed by atoms with Crippen LogP contribution in [-0.4, -0.2) is 31.6 Å². The molecule has 0 fully saturated rings. The van der Waals surface area contributed by atoms with E-state index in [4.69, 9.17) is 4.42 Å². The van der Waals surface area contributed by atoms with Crippen molar-refractivity contribution in [1.82, 2.24) is 10.3 Å². The molecule has 2 aromatic carbocycles. The summed E-state index contributed by atoms with van der Waals surface area (Å²) in [4.78, 5) is 16.9. The minimum absolute atomic E-state index is 0.0950. The van der Waals surface area contributed by atoms with Crippen molar-refractivity contribution in [3.63, 3.8) is 0 Å². The zero-order chi connectivity index (χ0) is 20.8. The SMILES string of the molecule is Cc1oc(-c2ccc(NC(=O)c3cccc(CNCC[SH](=O)=O)c3)cc2)nc1I. The van der Waals surface area contributed by atoms with Crippen LogP contribution in [0.3, 0.4) is 0 Å². The lowest BCUT2D eigenvalue weighted by atomic mass is 10.1. The van der Waals surface area contributed by atoms with Crippen molar-refractivity contribution in [3.05, 3.63) is 69.1 Å². The largest absolute Gasteiger partial charge is 0.440 e. The normalized spacial score (nSPS) is 11.0. The number of nitrogens with zero attached hydrogens (tertiary/aromatic N) is 1. The van der Waals surface area contributed by atoms with Crippen molar-refractivity contribution in [1.29, 1.82) is 0 Å². The van der Waals surface area contributed by atoms with Gasteiger partial charge in [0.05, 0.1) is 5.75 Å². The Kier molecular flexibility index (Phi) is 7.40. The van der Waals surface area contributed by atoms with Gasteiger partial charge in [0, 0.05) is 29.9 Å². The Morgan fingerprint density at radius 1 is 1.17 bits per heavy atom. The molecule has 0 bridgehead atoms. The Labute approximate surface area is 184 Å². The van der Waals surface area contributed by atoms with Crippen LogP contribution in [0.2, 0.25) is 0 Å². The van der Waals surface area contributed by atoms with E-state index in [1.807, 2.05) is 25.1 Å². The monoisotopic (exact) mass is 525 g/mol. The number of oxazole rings is 1. The smallest absolute Gasteiger partial charge is 0.255 e. The lowest BCUT2D eigenvalue weighted by Crippen LogP contribution is -2.19. The molecule has 0 saturated heterocycles. The van der Waals surface area contributed by atoms with Gasteiger partial charge in [-0.3, -0.25) is 4.79 Å². The average molecular weight is 525 g/mol. The number of amides is 1. The summed E-state index contributed by atoms with van der Waals surface area (Å²) in [7, 11) is -2.38. The number of benzene rings is 2. The molecule has 1 aromatic heterocycles. The molecule has 2 N–H and O–H groups in total. The van der Waals surface area contributed by atoms with E-state index in [0.717, 1.165) is 20.6 Å². The van der Waals surface area contributed by atoms with Crippen molar-refractivity contribution in [2.75, 3.05) is 17.6 Å². The number of hydrogen-bond acceptors (Lipinski definition) is 6. The van der Waals surface area contributed by atoms with E-state index >= 15 is 0 Å². The van der Waals surface area contributed by atoms with Gasteiger partial charge in [0.25, 0.3) is 5.91 Å². The van der Waals surface area contributed by atoms with Crippen LogP contribution in [0.25, 0.3) is 11.5 Å². The minimum Gasteiger partial charge on any atom is -0.440 e. The van der Waals surface area contributed by atoms with Crippen LogP contribution in [0.4, 0.5) is 5.69 Å². The lowest BCUT2D eigenvalue weighted by molar-refractivity contribution is 0.102. The van der Waals surface area contributed by atoms with E-state index in [1.54, 1.807) is 30.3 Å². The lowest BCUT2D eigenvalue weighted by Gasteiger charge is -2.08. The zero-order valence-electron chi connectivity index (χ0n) is 15.6. The Balaban J connectivity index is 1.61. The summed E-state index contributed by atoms with van der Waals surface area (Å²) in [5, 5.41) is 5.92. The first-order valence-corrected chi connectivity index (χ1v) is 11.3. The van der Waals surface area contributed by atoms with E-state index in [1.165, 1.54) is 0 Å². The van der Waals surface area contributed by atoms with Gasteiger partial charge < -0.3 is 15.1 Å². The van der Waals surface area contributed by atoms with Gasteiger partial charge in [-0.1, -0.05) is 12.1 Å². The Morgan fingerprint density at radius 3 is 2.59 bits per heavy atom. The molecule has 0 spiro atoms. The summed E-state index contributed by atoms with van der Waals surface area (Å²) in [6.07, 6.45) is 0. The number of hydrogen-bond donors (Lipinski definition) is 3. The van der Waals surface area contributed by atoms with E-state index < -0.39 is 10.7 Å². The second-order valence-electron chi connectivity index (χ2n) is 6.33. The molecule has 7 nitrogen and oxygen atoms in total. The molecule has 3 rings (SSSR count). The zero-order valence-corrected chi connectivity index (χ0v) is 18.7. The van der Waals surface area contributed by atoms with Crippen LogP contribution in [-0.2, 0) is 17.2 Å². The summed E-state index contributed by atoms with van der Waals surface area (Å²) in [6.45, 7) is 2.74. The Morgan fingerprint density at radius 2 is 1.93 bits per heavy atom. The summed E-state index contributed by atoms with van der Waals surface area (Å²) in [5.41, 5.74) is 2.94. The van der Waals surface area contributed by atoms with E-state index in [0.29, 0.717) is 30.2 Å². The number of aryl methyl sites for hydroxylation is 1. The molecule has 0 atom stereocenters. The third-order valence-electron chi connectivity index (χ3n) is 4.12. The van der Waals surface area contributed by atoms with Crippen molar-refractivity contribution in [2.45, 2.75) is 13.5 Å². The van der Waals surface area contributed by atoms with E-state index in [9.17, 15) is 13.2 Å². The van der Waals surface area contributed by atoms with Crippen LogP contribution in [0.15, 0.2) is 52.9 Å². The minimum atomic E-state index is -2.38.